The summed E-state index contributed by atoms with van der Waals surface area (Å²) >= 11 is 0. The summed E-state index contributed by atoms with van der Waals surface area (Å²) < 4.78 is 0. The second-order valence-corrected chi connectivity index (χ2v) is 5.01. The second-order valence-electron chi connectivity index (χ2n) is 5.01. The van der Waals surface area contributed by atoms with Gasteiger partial charge in [-0.05, 0) is 28.8 Å². The van der Waals surface area contributed by atoms with Crippen molar-refractivity contribution in [2.24, 2.45) is 0 Å². The molecule has 88 valence electrons. The lowest BCUT2D eigenvalue weighted by atomic mass is 10.0. The molecule has 2 aromatic carbocycles. The van der Waals surface area contributed by atoms with Gasteiger partial charge >= 0.3 is 0 Å². The number of benzene rings is 2. The van der Waals surface area contributed by atoms with Gasteiger partial charge in [0.1, 0.15) is 0 Å². The van der Waals surface area contributed by atoms with Crippen LogP contribution in [0.15, 0.2) is 48.5 Å². The molecule has 1 atom stereocenters. The van der Waals surface area contributed by atoms with Crippen LogP contribution in [0.3, 0.4) is 0 Å². The molecule has 2 nitrogen and oxygen atoms in total. The molecule has 0 N–H and O–H groups in total. The Hall–Kier alpha value is -2.09. The van der Waals surface area contributed by atoms with Gasteiger partial charge in [0.2, 0.25) is 5.91 Å². The third-order valence-electron chi connectivity index (χ3n) is 3.93. The largest absolute Gasteiger partial charge is 0.308 e. The molecule has 0 aliphatic carbocycles. The van der Waals surface area contributed by atoms with Crippen molar-refractivity contribution < 1.29 is 4.79 Å². The highest BCUT2D eigenvalue weighted by molar-refractivity contribution is 5.96. The smallest absolute Gasteiger partial charge is 0.229 e. The Morgan fingerprint density at radius 2 is 1.89 bits per heavy atom. The molecule has 18 heavy (non-hydrogen) atoms. The van der Waals surface area contributed by atoms with Crippen LogP contribution in [0.1, 0.15) is 18.4 Å². The normalized spacial score (nSPS) is 21.8. The fourth-order valence-corrected chi connectivity index (χ4v) is 2.95. The average Bonchev–Trinajstić information content (AvgIpc) is 2.75. The zero-order valence-electron chi connectivity index (χ0n) is 9.97. The number of nitrogens with zero attached hydrogens (tertiary/aromatic N) is 1. The Balaban J connectivity index is 1.81. The van der Waals surface area contributed by atoms with Crippen LogP contribution in [0, 0.1) is 0 Å². The summed E-state index contributed by atoms with van der Waals surface area (Å²) in [6.07, 6.45) is 3.92. The third-order valence-corrected chi connectivity index (χ3v) is 3.93. The van der Waals surface area contributed by atoms with E-state index >= 15 is 0 Å². The van der Waals surface area contributed by atoms with Crippen LogP contribution in [0.25, 0.3) is 16.5 Å². The molecule has 2 heterocycles. The fraction of sp³-hybridized carbons (Fsp3) is 0.188. The second kappa shape index (κ2) is 3.45. The van der Waals surface area contributed by atoms with E-state index in [9.17, 15) is 4.79 Å². The molecule has 0 spiro atoms. The molecule has 0 unspecified atom stereocenters. The highest BCUT2D eigenvalue weighted by Crippen LogP contribution is 2.39. The number of carbonyl (C=O) groups excluding carboxylic acids is 1. The van der Waals surface area contributed by atoms with Gasteiger partial charge in [-0.2, -0.15) is 0 Å². The quantitative estimate of drug-likeness (QED) is 0.695. The van der Waals surface area contributed by atoms with E-state index in [1.165, 1.54) is 10.8 Å². The van der Waals surface area contributed by atoms with E-state index < -0.39 is 0 Å². The number of β-lactam (4-membered cyclic amide) rings is 1. The maximum Gasteiger partial charge on any atom is 0.229 e. The van der Waals surface area contributed by atoms with Gasteiger partial charge in [-0.15, -0.1) is 0 Å². The zero-order chi connectivity index (χ0) is 12.1. The summed E-state index contributed by atoms with van der Waals surface area (Å²) in [4.78, 5) is 13.6. The summed E-state index contributed by atoms with van der Waals surface area (Å²) in [5, 5.41) is 2.47. The number of fused-ring (bicyclic) bond motifs is 2. The molecule has 0 aromatic heterocycles. The van der Waals surface area contributed by atoms with E-state index in [1.807, 2.05) is 17.0 Å². The Morgan fingerprint density at radius 3 is 2.72 bits per heavy atom. The monoisotopic (exact) mass is 235 g/mol. The first-order valence-electron chi connectivity index (χ1n) is 6.34. The SMILES string of the molecule is O=C1C[C@H]2CC=C(c3ccc4ccccc4c3)N12. The van der Waals surface area contributed by atoms with Crippen molar-refractivity contribution in [1.82, 2.24) is 4.90 Å². The molecule has 4 rings (SSSR count). The minimum atomic E-state index is 0.261. The molecule has 2 aromatic rings. The van der Waals surface area contributed by atoms with E-state index in [4.69, 9.17) is 0 Å². The number of hydrogen-bond donors (Lipinski definition) is 0. The summed E-state index contributed by atoms with van der Waals surface area (Å²) in [5.74, 6) is 0.261. The van der Waals surface area contributed by atoms with Gasteiger partial charge in [0.05, 0.1) is 0 Å². The first kappa shape index (κ1) is 9.89. The molecule has 2 aliphatic heterocycles. The van der Waals surface area contributed by atoms with E-state index in [0.717, 1.165) is 17.7 Å². The standard InChI is InChI=1S/C16H13NO/c18-16-10-14-7-8-15(17(14)16)13-6-5-11-3-1-2-4-12(11)9-13/h1-6,8-9,14H,7,10H2/t14-/m1/s1. The maximum absolute atomic E-state index is 11.6. The van der Waals surface area contributed by atoms with Crippen molar-refractivity contribution in [3.05, 3.63) is 54.1 Å². The van der Waals surface area contributed by atoms with Crippen molar-refractivity contribution in [3.8, 4) is 0 Å². The lowest BCUT2D eigenvalue weighted by Gasteiger charge is -2.37. The van der Waals surface area contributed by atoms with Crippen LogP contribution in [0.2, 0.25) is 0 Å². The first-order chi connectivity index (χ1) is 8.83. The molecule has 2 aliphatic rings. The number of rotatable bonds is 1. The zero-order valence-corrected chi connectivity index (χ0v) is 9.97. The van der Waals surface area contributed by atoms with Crippen LogP contribution in [-0.4, -0.2) is 16.8 Å². The highest BCUT2D eigenvalue weighted by atomic mass is 16.2. The van der Waals surface area contributed by atoms with Gasteiger partial charge in [0.25, 0.3) is 0 Å². The Bertz CT molecular complexity index is 686. The van der Waals surface area contributed by atoms with E-state index in [0.29, 0.717) is 12.5 Å². The average molecular weight is 235 g/mol. The minimum Gasteiger partial charge on any atom is -0.308 e. The van der Waals surface area contributed by atoms with Crippen molar-refractivity contribution in [1.29, 1.82) is 0 Å². The van der Waals surface area contributed by atoms with Crippen LogP contribution < -0.4 is 0 Å². The van der Waals surface area contributed by atoms with Crippen LogP contribution >= 0.6 is 0 Å². The summed E-state index contributed by atoms with van der Waals surface area (Å²) in [5.41, 5.74) is 2.26. The molecule has 0 saturated carbocycles. The minimum absolute atomic E-state index is 0.261. The molecule has 2 heteroatoms. The molecule has 1 amide bonds. The van der Waals surface area contributed by atoms with Crippen molar-refractivity contribution in [3.63, 3.8) is 0 Å². The van der Waals surface area contributed by atoms with Crippen LogP contribution in [0.4, 0.5) is 0 Å². The topological polar surface area (TPSA) is 20.3 Å². The molecule has 0 bridgehead atoms. The van der Waals surface area contributed by atoms with Crippen LogP contribution in [-0.2, 0) is 4.79 Å². The molecule has 0 radical (unpaired) electrons. The summed E-state index contributed by atoms with van der Waals surface area (Å²) in [6, 6.07) is 15.2. The molecular formula is C16H13NO. The van der Waals surface area contributed by atoms with Gasteiger partial charge in [0, 0.05) is 18.2 Å². The lowest BCUT2D eigenvalue weighted by Crippen LogP contribution is -2.47. The van der Waals surface area contributed by atoms with Gasteiger partial charge in [-0.3, -0.25) is 4.79 Å². The van der Waals surface area contributed by atoms with Gasteiger partial charge in [0.15, 0.2) is 0 Å². The van der Waals surface area contributed by atoms with E-state index in [2.05, 4.69) is 36.4 Å². The Labute approximate surface area is 106 Å². The molecule has 1 saturated heterocycles. The summed E-state index contributed by atoms with van der Waals surface area (Å²) in [6.45, 7) is 0. The number of hydrogen-bond acceptors (Lipinski definition) is 1. The maximum atomic E-state index is 11.6. The van der Waals surface area contributed by atoms with Gasteiger partial charge < -0.3 is 4.90 Å². The van der Waals surface area contributed by atoms with Crippen molar-refractivity contribution in [2.75, 3.05) is 0 Å². The van der Waals surface area contributed by atoms with Gasteiger partial charge in [-0.25, -0.2) is 0 Å². The number of amides is 1. The molecule has 1 fully saturated rings. The predicted molar refractivity (Wildman–Crippen MR) is 71.8 cm³/mol. The third kappa shape index (κ3) is 1.26. The Kier molecular flexibility index (Phi) is 1.90. The lowest BCUT2D eigenvalue weighted by molar-refractivity contribution is -0.139. The Morgan fingerprint density at radius 1 is 1.06 bits per heavy atom. The van der Waals surface area contributed by atoms with Crippen LogP contribution in [0.5, 0.6) is 0 Å². The van der Waals surface area contributed by atoms with Gasteiger partial charge in [-0.1, -0.05) is 42.5 Å². The fourth-order valence-electron chi connectivity index (χ4n) is 2.95. The van der Waals surface area contributed by atoms with Crippen molar-refractivity contribution in [2.45, 2.75) is 18.9 Å². The molecular weight excluding hydrogens is 222 g/mol. The predicted octanol–water partition coefficient (Wildman–Crippen LogP) is 3.19. The number of carbonyl (C=O) groups is 1. The summed E-state index contributed by atoms with van der Waals surface area (Å²) in [7, 11) is 0. The van der Waals surface area contributed by atoms with Crippen molar-refractivity contribution >= 4 is 22.4 Å². The first-order valence-corrected chi connectivity index (χ1v) is 6.34. The van der Waals surface area contributed by atoms with E-state index in [-0.39, 0.29) is 5.91 Å². The highest BCUT2D eigenvalue weighted by Gasteiger charge is 2.41. The van der Waals surface area contributed by atoms with E-state index in [1.54, 1.807) is 0 Å².